The summed E-state index contributed by atoms with van der Waals surface area (Å²) in [5.41, 5.74) is 3.93. The minimum atomic E-state index is -0.433. The number of para-hydroxylation sites is 1. The van der Waals surface area contributed by atoms with Crippen LogP contribution in [-0.2, 0) is 0 Å². The van der Waals surface area contributed by atoms with E-state index in [0.29, 0.717) is 34.0 Å². The van der Waals surface area contributed by atoms with E-state index in [1.54, 1.807) is 55.5 Å². The van der Waals surface area contributed by atoms with Crippen LogP contribution in [0.1, 0.15) is 21.7 Å². The molecule has 0 aliphatic rings. The van der Waals surface area contributed by atoms with Crippen LogP contribution in [0.3, 0.4) is 0 Å². The van der Waals surface area contributed by atoms with E-state index in [1.807, 2.05) is 0 Å². The van der Waals surface area contributed by atoms with Gasteiger partial charge in [0.2, 0.25) is 0 Å². The second-order valence-electron chi connectivity index (χ2n) is 5.86. The van der Waals surface area contributed by atoms with Gasteiger partial charge in [-0.05, 0) is 31.2 Å². The smallest absolute Gasteiger partial charge is 0.275 e. The molecule has 0 saturated carbocycles. The standard InChI is InChI=1S/C20H17N3O5/c1-13-7-8-14(11-17(13)23(25)26)18-10-9-15(28-18)12-21-22-20(24)16-5-3-4-6-19(16)27-2/h3-12H,1-2H3,(H,22,24). The van der Waals surface area contributed by atoms with Crippen LogP contribution in [0.5, 0.6) is 5.75 Å². The van der Waals surface area contributed by atoms with Crippen LogP contribution in [0.4, 0.5) is 5.69 Å². The van der Waals surface area contributed by atoms with Gasteiger partial charge in [-0.25, -0.2) is 5.43 Å². The first kappa shape index (κ1) is 18.8. The highest BCUT2D eigenvalue weighted by atomic mass is 16.6. The van der Waals surface area contributed by atoms with Crippen LogP contribution in [-0.4, -0.2) is 24.2 Å². The predicted molar refractivity (Wildman–Crippen MR) is 104 cm³/mol. The number of rotatable bonds is 6. The molecular weight excluding hydrogens is 362 g/mol. The van der Waals surface area contributed by atoms with Gasteiger partial charge in [0.15, 0.2) is 0 Å². The zero-order chi connectivity index (χ0) is 20.1. The number of carbonyl (C=O) groups is 1. The van der Waals surface area contributed by atoms with Gasteiger partial charge in [0, 0.05) is 17.2 Å². The molecule has 8 nitrogen and oxygen atoms in total. The number of nitro groups is 1. The number of aryl methyl sites for hydroxylation is 1. The summed E-state index contributed by atoms with van der Waals surface area (Å²) < 4.78 is 10.8. The first-order valence-corrected chi connectivity index (χ1v) is 8.31. The van der Waals surface area contributed by atoms with Crippen LogP contribution in [0.2, 0.25) is 0 Å². The average molecular weight is 379 g/mol. The molecule has 0 radical (unpaired) electrons. The molecule has 3 rings (SSSR count). The zero-order valence-electron chi connectivity index (χ0n) is 15.2. The molecule has 0 unspecified atom stereocenters. The molecule has 0 fully saturated rings. The molecule has 0 bridgehead atoms. The maximum absolute atomic E-state index is 12.2. The Hall–Kier alpha value is -3.94. The molecule has 0 saturated heterocycles. The maximum atomic E-state index is 12.2. The molecule has 3 aromatic rings. The SMILES string of the molecule is COc1ccccc1C(=O)NN=Cc1ccc(-c2ccc(C)c([N+](=O)[O-])c2)o1. The third-order valence-electron chi connectivity index (χ3n) is 4.03. The molecule has 1 heterocycles. The first-order chi connectivity index (χ1) is 13.5. The van der Waals surface area contributed by atoms with Crippen molar-refractivity contribution in [2.24, 2.45) is 5.10 Å². The van der Waals surface area contributed by atoms with Gasteiger partial charge in [-0.15, -0.1) is 0 Å². The maximum Gasteiger partial charge on any atom is 0.275 e. The monoisotopic (exact) mass is 379 g/mol. The molecule has 0 aliphatic carbocycles. The molecule has 8 heteroatoms. The number of hydrogen-bond donors (Lipinski definition) is 1. The molecule has 1 amide bonds. The molecule has 1 aromatic heterocycles. The number of amides is 1. The lowest BCUT2D eigenvalue weighted by molar-refractivity contribution is -0.385. The third kappa shape index (κ3) is 4.07. The molecule has 2 aromatic carbocycles. The van der Waals surface area contributed by atoms with E-state index >= 15 is 0 Å². The van der Waals surface area contributed by atoms with Crippen LogP contribution in [0.15, 0.2) is 64.1 Å². The quantitative estimate of drug-likeness (QED) is 0.397. The van der Waals surface area contributed by atoms with Gasteiger partial charge >= 0.3 is 0 Å². The van der Waals surface area contributed by atoms with E-state index in [2.05, 4.69) is 10.5 Å². The van der Waals surface area contributed by atoms with Gasteiger partial charge in [-0.2, -0.15) is 5.10 Å². The van der Waals surface area contributed by atoms with Crippen molar-refractivity contribution in [3.05, 3.63) is 81.6 Å². The fraction of sp³-hybridized carbons (Fsp3) is 0.100. The Morgan fingerprint density at radius 2 is 2.00 bits per heavy atom. The van der Waals surface area contributed by atoms with Crippen molar-refractivity contribution in [2.45, 2.75) is 6.92 Å². The number of hydrazone groups is 1. The lowest BCUT2D eigenvalue weighted by Crippen LogP contribution is -2.18. The van der Waals surface area contributed by atoms with E-state index in [-0.39, 0.29) is 5.69 Å². The Kier molecular flexibility index (Phi) is 5.50. The minimum Gasteiger partial charge on any atom is -0.496 e. The number of carbonyl (C=O) groups excluding carboxylic acids is 1. The van der Waals surface area contributed by atoms with Crippen molar-refractivity contribution in [2.75, 3.05) is 7.11 Å². The molecule has 142 valence electrons. The van der Waals surface area contributed by atoms with Crippen LogP contribution >= 0.6 is 0 Å². The van der Waals surface area contributed by atoms with Crippen LogP contribution in [0.25, 0.3) is 11.3 Å². The molecule has 1 N–H and O–H groups in total. The number of ether oxygens (including phenoxy) is 1. The van der Waals surface area contributed by atoms with Crippen molar-refractivity contribution in [1.29, 1.82) is 0 Å². The number of nitrogens with one attached hydrogen (secondary N) is 1. The summed E-state index contributed by atoms with van der Waals surface area (Å²) in [4.78, 5) is 22.8. The third-order valence-corrected chi connectivity index (χ3v) is 4.03. The van der Waals surface area contributed by atoms with E-state index in [4.69, 9.17) is 9.15 Å². The summed E-state index contributed by atoms with van der Waals surface area (Å²) in [6.45, 7) is 1.67. The fourth-order valence-electron chi connectivity index (χ4n) is 2.58. The summed E-state index contributed by atoms with van der Waals surface area (Å²) in [6.07, 6.45) is 1.35. The molecule has 0 aliphatic heterocycles. The Morgan fingerprint density at radius 3 is 2.75 bits per heavy atom. The van der Waals surface area contributed by atoms with E-state index < -0.39 is 10.8 Å². The van der Waals surface area contributed by atoms with Crippen molar-refractivity contribution in [1.82, 2.24) is 5.43 Å². The summed E-state index contributed by atoms with van der Waals surface area (Å²) >= 11 is 0. The highest BCUT2D eigenvalue weighted by molar-refractivity contribution is 5.97. The number of furan rings is 1. The van der Waals surface area contributed by atoms with Crippen molar-refractivity contribution in [3.8, 4) is 17.1 Å². The second kappa shape index (κ2) is 8.17. The largest absolute Gasteiger partial charge is 0.496 e. The molecule has 0 spiro atoms. The number of benzene rings is 2. The summed E-state index contributed by atoms with van der Waals surface area (Å²) in [7, 11) is 1.48. The Balaban J connectivity index is 1.72. The Morgan fingerprint density at radius 1 is 1.21 bits per heavy atom. The molecular formula is C20H17N3O5. The van der Waals surface area contributed by atoms with Gasteiger partial charge in [0.1, 0.15) is 17.3 Å². The van der Waals surface area contributed by atoms with Crippen molar-refractivity contribution in [3.63, 3.8) is 0 Å². The number of hydrogen-bond acceptors (Lipinski definition) is 6. The normalized spacial score (nSPS) is 10.8. The van der Waals surface area contributed by atoms with Gasteiger partial charge in [0.25, 0.3) is 11.6 Å². The summed E-state index contributed by atoms with van der Waals surface area (Å²) in [6, 6.07) is 15.0. The first-order valence-electron chi connectivity index (χ1n) is 8.31. The lowest BCUT2D eigenvalue weighted by Gasteiger charge is -2.05. The van der Waals surface area contributed by atoms with E-state index in [9.17, 15) is 14.9 Å². The predicted octanol–water partition coefficient (Wildman–Crippen LogP) is 3.94. The van der Waals surface area contributed by atoms with E-state index in [0.717, 1.165) is 0 Å². The van der Waals surface area contributed by atoms with Crippen LogP contribution < -0.4 is 10.2 Å². The summed E-state index contributed by atoms with van der Waals surface area (Å²) in [5.74, 6) is 0.866. The van der Waals surface area contributed by atoms with Gasteiger partial charge in [-0.3, -0.25) is 14.9 Å². The van der Waals surface area contributed by atoms with Crippen LogP contribution in [0, 0.1) is 17.0 Å². The van der Waals surface area contributed by atoms with Crippen molar-refractivity contribution >= 4 is 17.8 Å². The fourth-order valence-corrected chi connectivity index (χ4v) is 2.58. The lowest BCUT2D eigenvalue weighted by atomic mass is 10.1. The highest BCUT2D eigenvalue weighted by Gasteiger charge is 2.14. The highest BCUT2D eigenvalue weighted by Crippen LogP contribution is 2.27. The van der Waals surface area contributed by atoms with Crippen molar-refractivity contribution < 1.29 is 18.9 Å². The molecule has 28 heavy (non-hydrogen) atoms. The minimum absolute atomic E-state index is 0.0215. The number of methoxy groups -OCH3 is 1. The zero-order valence-corrected chi connectivity index (χ0v) is 15.2. The number of nitro benzene ring substituents is 1. The topological polar surface area (TPSA) is 107 Å². The molecule has 0 atom stereocenters. The summed E-state index contributed by atoms with van der Waals surface area (Å²) in [5, 5.41) is 15.0. The van der Waals surface area contributed by atoms with Gasteiger partial charge < -0.3 is 9.15 Å². The number of nitrogens with zero attached hydrogens (tertiary/aromatic N) is 2. The Bertz CT molecular complexity index is 1060. The Labute approximate surface area is 160 Å². The second-order valence-corrected chi connectivity index (χ2v) is 5.86. The van der Waals surface area contributed by atoms with Gasteiger partial charge in [0.05, 0.1) is 23.8 Å². The average Bonchev–Trinajstić information content (AvgIpc) is 3.16. The van der Waals surface area contributed by atoms with Gasteiger partial charge in [-0.1, -0.05) is 24.3 Å². The van der Waals surface area contributed by atoms with E-state index in [1.165, 1.54) is 19.4 Å².